The molecule has 1 aromatic heterocycles. The first-order chi connectivity index (χ1) is 16.2. The zero-order valence-electron chi connectivity index (χ0n) is 20.1. The number of unbranched alkanes of at least 4 members (excludes halogenated alkanes) is 6. The second kappa shape index (κ2) is 16.0. The lowest BCUT2D eigenvalue weighted by atomic mass is 10.0. The van der Waals surface area contributed by atoms with E-state index in [9.17, 15) is 9.90 Å². The average molecular weight is 455 g/mol. The summed E-state index contributed by atoms with van der Waals surface area (Å²) in [5.74, 6) is 0.315. The van der Waals surface area contributed by atoms with Crippen molar-refractivity contribution in [1.82, 2.24) is 9.97 Å². The molecule has 0 unspecified atom stereocenters. The first-order valence-electron chi connectivity index (χ1n) is 12.2. The summed E-state index contributed by atoms with van der Waals surface area (Å²) in [5.41, 5.74) is 1.86. The van der Waals surface area contributed by atoms with Gasteiger partial charge in [0.05, 0.1) is 24.6 Å². The smallest absolute Gasteiger partial charge is 0.335 e. The number of rotatable bonds is 17. The van der Waals surface area contributed by atoms with E-state index in [2.05, 4.69) is 23.8 Å². The standard InChI is InChI=1S/C27H38N2O4/c1-3-5-7-9-17-32-18-10-11-19-33-24-20-28-26(29-21-24)23-15-13-22(14-16-23)25(27(30)31)12-8-6-4-2/h12-16,20-21H,3-11,17-19H2,1-2H3,(H,30,31). The summed E-state index contributed by atoms with van der Waals surface area (Å²) in [7, 11) is 0. The minimum atomic E-state index is -0.907. The van der Waals surface area contributed by atoms with Crippen LogP contribution in [0.4, 0.5) is 0 Å². The van der Waals surface area contributed by atoms with Gasteiger partial charge in [0.1, 0.15) is 0 Å². The van der Waals surface area contributed by atoms with Gasteiger partial charge in [0.15, 0.2) is 11.6 Å². The van der Waals surface area contributed by atoms with Crippen LogP contribution < -0.4 is 4.74 Å². The van der Waals surface area contributed by atoms with Crippen molar-refractivity contribution >= 4 is 11.5 Å². The summed E-state index contributed by atoms with van der Waals surface area (Å²) >= 11 is 0. The van der Waals surface area contributed by atoms with Gasteiger partial charge >= 0.3 is 5.97 Å². The van der Waals surface area contributed by atoms with Crippen LogP contribution in [0.15, 0.2) is 42.7 Å². The van der Waals surface area contributed by atoms with Crippen LogP contribution in [0.25, 0.3) is 17.0 Å². The molecule has 1 aromatic carbocycles. The highest BCUT2D eigenvalue weighted by Gasteiger charge is 2.11. The quantitative estimate of drug-likeness (QED) is 0.215. The Morgan fingerprint density at radius 2 is 1.52 bits per heavy atom. The number of benzene rings is 1. The molecule has 1 N–H and O–H groups in total. The highest BCUT2D eigenvalue weighted by Crippen LogP contribution is 2.22. The van der Waals surface area contributed by atoms with Gasteiger partial charge in [-0.15, -0.1) is 0 Å². The van der Waals surface area contributed by atoms with E-state index in [0.29, 0.717) is 29.3 Å². The zero-order valence-corrected chi connectivity index (χ0v) is 20.1. The molecule has 0 saturated heterocycles. The lowest BCUT2D eigenvalue weighted by Gasteiger charge is -2.08. The molecule has 0 aliphatic carbocycles. The van der Waals surface area contributed by atoms with Gasteiger partial charge in [0, 0.05) is 18.8 Å². The molecule has 0 aliphatic rings. The van der Waals surface area contributed by atoms with Crippen molar-refractivity contribution in [1.29, 1.82) is 0 Å². The summed E-state index contributed by atoms with van der Waals surface area (Å²) < 4.78 is 11.4. The van der Waals surface area contributed by atoms with Gasteiger partial charge in [-0.3, -0.25) is 0 Å². The molecule has 2 rings (SSSR count). The summed E-state index contributed by atoms with van der Waals surface area (Å²) in [6, 6.07) is 7.32. The highest BCUT2D eigenvalue weighted by molar-refractivity contribution is 6.15. The SMILES string of the molecule is CCCCC=C(C(=O)O)c1ccc(-c2ncc(OCCCCOCCCCCC)cn2)cc1. The van der Waals surface area contributed by atoms with E-state index in [0.717, 1.165) is 57.3 Å². The van der Waals surface area contributed by atoms with Crippen LogP contribution >= 0.6 is 0 Å². The van der Waals surface area contributed by atoms with Crippen LogP contribution in [0, 0.1) is 0 Å². The fourth-order valence-electron chi connectivity index (χ4n) is 3.35. The molecule has 0 saturated carbocycles. The largest absolute Gasteiger partial charge is 0.490 e. The van der Waals surface area contributed by atoms with Crippen molar-refractivity contribution in [2.24, 2.45) is 0 Å². The number of aliphatic carboxylic acids is 1. The minimum absolute atomic E-state index is 0.335. The van der Waals surface area contributed by atoms with Crippen LogP contribution in [-0.2, 0) is 9.53 Å². The Balaban J connectivity index is 1.77. The van der Waals surface area contributed by atoms with Gasteiger partial charge in [-0.2, -0.15) is 0 Å². The first kappa shape index (κ1) is 26.5. The average Bonchev–Trinajstić information content (AvgIpc) is 2.83. The van der Waals surface area contributed by atoms with Crippen molar-refractivity contribution in [3.8, 4) is 17.1 Å². The van der Waals surface area contributed by atoms with Gasteiger partial charge in [0.25, 0.3) is 0 Å². The topological polar surface area (TPSA) is 81.5 Å². The van der Waals surface area contributed by atoms with Gasteiger partial charge in [-0.25, -0.2) is 14.8 Å². The van der Waals surface area contributed by atoms with E-state index in [1.54, 1.807) is 30.6 Å². The Hall–Kier alpha value is -2.73. The number of nitrogens with zero attached hydrogens (tertiary/aromatic N) is 2. The summed E-state index contributed by atoms with van der Waals surface area (Å²) in [6.45, 7) is 6.54. The molecule has 0 atom stereocenters. The van der Waals surface area contributed by atoms with Gasteiger partial charge < -0.3 is 14.6 Å². The molecule has 33 heavy (non-hydrogen) atoms. The molecule has 0 amide bonds. The summed E-state index contributed by atoms with van der Waals surface area (Å²) in [6.07, 6.45) is 14.7. The molecule has 6 heteroatoms. The van der Waals surface area contributed by atoms with Crippen molar-refractivity contribution in [2.75, 3.05) is 19.8 Å². The van der Waals surface area contributed by atoms with E-state index >= 15 is 0 Å². The Labute approximate surface area is 198 Å². The van der Waals surface area contributed by atoms with Gasteiger partial charge in [0.2, 0.25) is 0 Å². The van der Waals surface area contributed by atoms with Gasteiger partial charge in [-0.1, -0.05) is 76.3 Å². The molecule has 0 bridgehead atoms. The van der Waals surface area contributed by atoms with E-state index < -0.39 is 5.97 Å². The summed E-state index contributed by atoms with van der Waals surface area (Å²) in [4.78, 5) is 20.4. The first-order valence-corrected chi connectivity index (χ1v) is 12.2. The van der Waals surface area contributed by atoms with Crippen LogP contribution in [0.5, 0.6) is 5.75 Å². The molecule has 0 fully saturated rings. The molecule has 1 heterocycles. The molecule has 0 aliphatic heterocycles. The van der Waals surface area contributed by atoms with Gasteiger partial charge in [-0.05, 0) is 31.2 Å². The predicted octanol–water partition coefficient (Wildman–Crippen LogP) is 6.56. The second-order valence-electron chi connectivity index (χ2n) is 8.11. The zero-order chi connectivity index (χ0) is 23.7. The Morgan fingerprint density at radius 3 is 2.15 bits per heavy atom. The third-order valence-corrected chi connectivity index (χ3v) is 5.31. The molecule has 0 radical (unpaired) electrons. The Kier molecular flexibility index (Phi) is 12.8. The van der Waals surface area contributed by atoms with E-state index in [-0.39, 0.29) is 0 Å². The van der Waals surface area contributed by atoms with Crippen LogP contribution in [0.3, 0.4) is 0 Å². The monoisotopic (exact) mass is 454 g/mol. The molecular weight excluding hydrogens is 416 g/mol. The molecular formula is C27H38N2O4. The number of carbonyl (C=O) groups is 1. The lowest BCUT2D eigenvalue weighted by molar-refractivity contribution is -0.130. The third-order valence-electron chi connectivity index (χ3n) is 5.31. The third kappa shape index (κ3) is 10.2. The van der Waals surface area contributed by atoms with E-state index in [1.165, 1.54) is 19.3 Å². The molecule has 2 aromatic rings. The number of allylic oxidation sites excluding steroid dienone is 1. The number of ether oxygens (including phenoxy) is 2. The maximum absolute atomic E-state index is 11.6. The van der Waals surface area contributed by atoms with Crippen molar-refractivity contribution in [3.63, 3.8) is 0 Å². The Morgan fingerprint density at radius 1 is 0.879 bits per heavy atom. The van der Waals surface area contributed by atoms with Crippen LogP contribution in [0.2, 0.25) is 0 Å². The highest BCUT2D eigenvalue weighted by atomic mass is 16.5. The number of hydrogen-bond acceptors (Lipinski definition) is 5. The number of hydrogen-bond donors (Lipinski definition) is 1. The Bertz CT molecular complexity index is 832. The minimum Gasteiger partial charge on any atom is -0.490 e. The summed E-state index contributed by atoms with van der Waals surface area (Å²) in [5, 5.41) is 9.50. The van der Waals surface area contributed by atoms with E-state index in [1.807, 2.05) is 12.1 Å². The van der Waals surface area contributed by atoms with Crippen LogP contribution in [-0.4, -0.2) is 40.9 Å². The molecule has 0 spiro atoms. The normalized spacial score (nSPS) is 11.5. The number of carboxylic acid groups (broad SMARTS) is 1. The maximum Gasteiger partial charge on any atom is 0.335 e. The van der Waals surface area contributed by atoms with E-state index in [4.69, 9.17) is 9.47 Å². The fraction of sp³-hybridized carbons (Fsp3) is 0.519. The molecule has 180 valence electrons. The predicted molar refractivity (Wildman–Crippen MR) is 132 cm³/mol. The van der Waals surface area contributed by atoms with Crippen molar-refractivity contribution in [3.05, 3.63) is 48.3 Å². The van der Waals surface area contributed by atoms with Crippen LogP contribution in [0.1, 0.15) is 77.2 Å². The maximum atomic E-state index is 11.6. The molecule has 6 nitrogen and oxygen atoms in total. The number of aromatic nitrogens is 2. The van der Waals surface area contributed by atoms with Crippen molar-refractivity contribution in [2.45, 2.75) is 71.6 Å². The second-order valence-corrected chi connectivity index (χ2v) is 8.11. The van der Waals surface area contributed by atoms with Crippen molar-refractivity contribution < 1.29 is 19.4 Å². The fourth-order valence-corrected chi connectivity index (χ4v) is 3.35. The lowest BCUT2D eigenvalue weighted by Crippen LogP contribution is -2.02. The number of carboxylic acids is 1.